The summed E-state index contributed by atoms with van der Waals surface area (Å²) in [6.07, 6.45) is 1.16. The SMILES string of the molecule is C=C/C(O)=C(/O)C(=C)C. The zero-order chi connectivity index (χ0) is 7.44. The summed E-state index contributed by atoms with van der Waals surface area (Å²) in [5.74, 6) is -0.437. The van der Waals surface area contributed by atoms with Crippen molar-refractivity contribution in [3.05, 3.63) is 36.3 Å². The highest BCUT2D eigenvalue weighted by molar-refractivity contribution is 5.26. The van der Waals surface area contributed by atoms with Gasteiger partial charge in [0, 0.05) is 0 Å². The molecule has 2 heteroatoms. The fraction of sp³-hybridized carbons (Fsp3) is 0.143. The molecule has 50 valence electrons. The Bertz CT molecular complexity index is 166. The zero-order valence-electron chi connectivity index (χ0n) is 5.39. The van der Waals surface area contributed by atoms with Crippen molar-refractivity contribution in [3.63, 3.8) is 0 Å². The molecule has 0 unspecified atom stereocenters. The lowest BCUT2D eigenvalue weighted by Gasteiger charge is -1.97. The van der Waals surface area contributed by atoms with Gasteiger partial charge in [-0.15, -0.1) is 0 Å². The molecule has 0 heterocycles. The number of aliphatic hydroxyl groups is 2. The molecule has 0 spiro atoms. The monoisotopic (exact) mass is 126 g/mol. The predicted octanol–water partition coefficient (Wildman–Crippen LogP) is 2.08. The maximum Gasteiger partial charge on any atom is 0.159 e. The molecule has 2 N–H and O–H groups in total. The maximum absolute atomic E-state index is 8.85. The van der Waals surface area contributed by atoms with E-state index in [2.05, 4.69) is 13.2 Å². The van der Waals surface area contributed by atoms with E-state index in [1.54, 1.807) is 6.92 Å². The van der Waals surface area contributed by atoms with Crippen molar-refractivity contribution in [1.82, 2.24) is 0 Å². The van der Waals surface area contributed by atoms with Crippen LogP contribution in [0.1, 0.15) is 6.92 Å². The van der Waals surface area contributed by atoms with E-state index < -0.39 is 0 Å². The van der Waals surface area contributed by atoms with E-state index >= 15 is 0 Å². The molecule has 0 rings (SSSR count). The van der Waals surface area contributed by atoms with Crippen LogP contribution < -0.4 is 0 Å². The number of hydrogen-bond donors (Lipinski definition) is 2. The highest BCUT2D eigenvalue weighted by atomic mass is 16.3. The van der Waals surface area contributed by atoms with Crippen molar-refractivity contribution in [2.24, 2.45) is 0 Å². The van der Waals surface area contributed by atoms with Crippen molar-refractivity contribution in [2.45, 2.75) is 6.92 Å². The third-order valence-electron chi connectivity index (χ3n) is 0.840. The van der Waals surface area contributed by atoms with Gasteiger partial charge in [0.2, 0.25) is 0 Å². The van der Waals surface area contributed by atoms with Gasteiger partial charge in [0.15, 0.2) is 11.5 Å². The van der Waals surface area contributed by atoms with Crippen LogP contribution in [-0.2, 0) is 0 Å². The van der Waals surface area contributed by atoms with Crippen LogP contribution >= 0.6 is 0 Å². The molecule has 0 aliphatic heterocycles. The van der Waals surface area contributed by atoms with Gasteiger partial charge >= 0.3 is 0 Å². The molecule has 0 atom stereocenters. The fourth-order valence-corrected chi connectivity index (χ4v) is 0.315. The minimum absolute atomic E-state index is 0.204. The Kier molecular flexibility index (Phi) is 2.58. The predicted molar refractivity (Wildman–Crippen MR) is 37.3 cm³/mol. The lowest BCUT2D eigenvalue weighted by molar-refractivity contribution is 0.347. The summed E-state index contributed by atoms with van der Waals surface area (Å²) >= 11 is 0. The van der Waals surface area contributed by atoms with Gasteiger partial charge in [-0.25, -0.2) is 0 Å². The Hall–Kier alpha value is -1.18. The average Bonchev–Trinajstić information content (AvgIpc) is 1.84. The van der Waals surface area contributed by atoms with Gasteiger partial charge in [0.25, 0.3) is 0 Å². The van der Waals surface area contributed by atoms with Gasteiger partial charge in [0.1, 0.15) is 0 Å². The van der Waals surface area contributed by atoms with Crippen LogP contribution in [0.4, 0.5) is 0 Å². The van der Waals surface area contributed by atoms with Crippen LogP contribution in [-0.4, -0.2) is 10.2 Å². The summed E-state index contributed by atoms with van der Waals surface area (Å²) in [6, 6.07) is 0. The Morgan fingerprint density at radius 2 is 1.89 bits per heavy atom. The minimum atomic E-state index is -0.234. The molecular formula is C7H10O2. The van der Waals surface area contributed by atoms with E-state index in [0.29, 0.717) is 5.57 Å². The summed E-state index contributed by atoms with van der Waals surface area (Å²) in [6.45, 7) is 8.26. The Morgan fingerprint density at radius 1 is 1.44 bits per heavy atom. The number of rotatable bonds is 2. The van der Waals surface area contributed by atoms with Crippen LogP contribution in [0, 0.1) is 0 Å². The molecule has 0 aliphatic carbocycles. The van der Waals surface area contributed by atoms with E-state index in [4.69, 9.17) is 10.2 Å². The van der Waals surface area contributed by atoms with Gasteiger partial charge in [-0.3, -0.25) is 0 Å². The fourth-order valence-electron chi connectivity index (χ4n) is 0.315. The van der Waals surface area contributed by atoms with Crippen molar-refractivity contribution in [1.29, 1.82) is 0 Å². The molecule has 0 aromatic heterocycles. The van der Waals surface area contributed by atoms with Gasteiger partial charge in [-0.05, 0) is 18.6 Å². The molecule has 0 aromatic carbocycles. The zero-order valence-corrected chi connectivity index (χ0v) is 5.39. The Balaban J connectivity index is 4.47. The summed E-state index contributed by atoms with van der Waals surface area (Å²) in [5, 5.41) is 17.6. The first-order valence-corrected chi connectivity index (χ1v) is 2.50. The molecule has 0 saturated carbocycles. The standard InChI is InChI=1S/C7H10O2/c1-4-6(8)7(9)5(2)3/h4,8-9H,1-2H2,3H3/b7-6-. The van der Waals surface area contributed by atoms with Gasteiger partial charge in [0.05, 0.1) is 0 Å². The number of hydrogen-bond acceptors (Lipinski definition) is 2. The topological polar surface area (TPSA) is 40.5 Å². The maximum atomic E-state index is 8.85. The van der Waals surface area contributed by atoms with Crippen molar-refractivity contribution in [2.75, 3.05) is 0 Å². The highest BCUT2D eigenvalue weighted by Crippen LogP contribution is 2.06. The summed E-state index contributed by atoms with van der Waals surface area (Å²) in [5.41, 5.74) is 0.424. The number of aliphatic hydroxyl groups excluding tert-OH is 2. The van der Waals surface area contributed by atoms with Crippen LogP contribution in [0.25, 0.3) is 0 Å². The van der Waals surface area contributed by atoms with E-state index in [-0.39, 0.29) is 11.5 Å². The summed E-state index contributed by atoms with van der Waals surface area (Å²) < 4.78 is 0. The molecule has 0 amide bonds. The first-order valence-electron chi connectivity index (χ1n) is 2.50. The number of allylic oxidation sites excluding steroid dienone is 2. The molecule has 2 nitrogen and oxygen atoms in total. The van der Waals surface area contributed by atoms with Crippen LogP contribution in [0.15, 0.2) is 36.3 Å². The van der Waals surface area contributed by atoms with E-state index in [9.17, 15) is 0 Å². The van der Waals surface area contributed by atoms with Gasteiger partial charge in [-0.2, -0.15) is 0 Å². The molecular weight excluding hydrogens is 116 g/mol. The summed E-state index contributed by atoms with van der Waals surface area (Å²) in [4.78, 5) is 0. The quantitative estimate of drug-likeness (QED) is 0.439. The molecule has 0 radical (unpaired) electrons. The minimum Gasteiger partial charge on any atom is -0.504 e. The normalized spacial score (nSPS) is 12.1. The largest absolute Gasteiger partial charge is 0.504 e. The third kappa shape index (κ3) is 2.04. The van der Waals surface area contributed by atoms with Crippen LogP contribution in [0.3, 0.4) is 0 Å². The van der Waals surface area contributed by atoms with Crippen molar-refractivity contribution >= 4 is 0 Å². The lowest BCUT2D eigenvalue weighted by atomic mass is 10.2. The van der Waals surface area contributed by atoms with Crippen molar-refractivity contribution in [3.8, 4) is 0 Å². The molecule has 9 heavy (non-hydrogen) atoms. The molecule has 0 bridgehead atoms. The van der Waals surface area contributed by atoms with Gasteiger partial charge < -0.3 is 10.2 Å². The second kappa shape index (κ2) is 2.97. The second-order valence-electron chi connectivity index (χ2n) is 1.72. The smallest absolute Gasteiger partial charge is 0.159 e. The van der Waals surface area contributed by atoms with Crippen molar-refractivity contribution < 1.29 is 10.2 Å². The first kappa shape index (κ1) is 7.82. The molecule has 0 fully saturated rings. The second-order valence-corrected chi connectivity index (χ2v) is 1.72. The van der Waals surface area contributed by atoms with E-state index in [0.717, 1.165) is 6.08 Å². The van der Waals surface area contributed by atoms with E-state index in [1.165, 1.54) is 0 Å². The molecule has 0 aliphatic rings. The average molecular weight is 126 g/mol. The Morgan fingerprint density at radius 3 is 2.00 bits per heavy atom. The lowest BCUT2D eigenvalue weighted by Crippen LogP contribution is -1.87. The van der Waals surface area contributed by atoms with Crippen LogP contribution in [0.2, 0.25) is 0 Å². The van der Waals surface area contributed by atoms with Crippen LogP contribution in [0.5, 0.6) is 0 Å². The van der Waals surface area contributed by atoms with E-state index in [1.807, 2.05) is 0 Å². The van der Waals surface area contributed by atoms with Gasteiger partial charge in [-0.1, -0.05) is 13.2 Å². The highest BCUT2D eigenvalue weighted by Gasteiger charge is 1.97. The molecule has 0 aromatic rings. The third-order valence-corrected chi connectivity index (χ3v) is 0.840. The Labute approximate surface area is 54.4 Å². The molecule has 0 saturated heterocycles. The summed E-state index contributed by atoms with van der Waals surface area (Å²) in [7, 11) is 0. The first-order chi connectivity index (χ1) is 4.09.